The average molecular weight is 239 g/mol. The van der Waals surface area contributed by atoms with Gasteiger partial charge in [-0.15, -0.1) is 11.3 Å². The highest BCUT2D eigenvalue weighted by molar-refractivity contribution is 7.10. The standard InChI is InChI=1S/C14H25NS/c1-4-9-15-13(11-12(5-2)6-3)14-8-7-10-16-14/h7-8,10,12-13,15H,4-6,9,11H2,1-3H3. The maximum absolute atomic E-state index is 3.68. The second-order valence-corrected chi connectivity index (χ2v) is 5.42. The van der Waals surface area contributed by atoms with E-state index in [9.17, 15) is 0 Å². The van der Waals surface area contributed by atoms with Crippen molar-refractivity contribution in [1.82, 2.24) is 5.32 Å². The first-order valence-corrected chi connectivity index (χ1v) is 7.46. The molecule has 0 aliphatic carbocycles. The molecule has 1 heterocycles. The second-order valence-electron chi connectivity index (χ2n) is 4.44. The predicted molar refractivity (Wildman–Crippen MR) is 74.0 cm³/mol. The van der Waals surface area contributed by atoms with Crippen LogP contribution in [0.25, 0.3) is 0 Å². The predicted octanol–water partition coefficient (Wildman–Crippen LogP) is 4.62. The van der Waals surface area contributed by atoms with E-state index in [0.717, 1.165) is 12.5 Å². The molecular formula is C14H25NS. The quantitative estimate of drug-likeness (QED) is 0.698. The van der Waals surface area contributed by atoms with Crippen LogP contribution in [0, 0.1) is 5.92 Å². The molecule has 0 spiro atoms. The number of rotatable bonds is 8. The molecule has 0 radical (unpaired) electrons. The summed E-state index contributed by atoms with van der Waals surface area (Å²) in [5.74, 6) is 0.858. The summed E-state index contributed by atoms with van der Waals surface area (Å²) in [5, 5.41) is 5.86. The highest BCUT2D eigenvalue weighted by atomic mass is 32.1. The number of hydrogen-bond donors (Lipinski definition) is 1. The lowest BCUT2D eigenvalue weighted by atomic mass is 9.94. The Labute approximate surface area is 104 Å². The summed E-state index contributed by atoms with van der Waals surface area (Å²) in [4.78, 5) is 1.50. The molecule has 1 aromatic rings. The van der Waals surface area contributed by atoms with Crippen molar-refractivity contribution in [3.05, 3.63) is 22.4 Å². The van der Waals surface area contributed by atoms with Gasteiger partial charge < -0.3 is 5.32 Å². The van der Waals surface area contributed by atoms with Crippen LogP contribution < -0.4 is 5.32 Å². The third-order valence-electron chi connectivity index (χ3n) is 3.25. The van der Waals surface area contributed by atoms with Gasteiger partial charge >= 0.3 is 0 Å². The number of hydrogen-bond acceptors (Lipinski definition) is 2. The third kappa shape index (κ3) is 4.26. The van der Waals surface area contributed by atoms with Gasteiger partial charge in [0, 0.05) is 10.9 Å². The first-order chi connectivity index (χ1) is 7.81. The summed E-state index contributed by atoms with van der Waals surface area (Å²) in [7, 11) is 0. The van der Waals surface area contributed by atoms with Crippen LogP contribution in [-0.4, -0.2) is 6.54 Å². The fourth-order valence-electron chi connectivity index (χ4n) is 2.06. The summed E-state index contributed by atoms with van der Waals surface area (Å²) < 4.78 is 0. The minimum atomic E-state index is 0.574. The molecule has 1 unspecified atom stereocenters. The maximum Gasteiger partial charge on any atom is 0.0417 e. The van der Waals surface area contributed by atoms with Crippen LogP contribution in [0.5, 0.6) is 0 Å². The van der Waals surface area contributed by atoms with Gasteiger partial charge in [-0.25, -0.2) is 0 Å². The van der Waals surface area contributed by atoms with Crippen LogP contribution in [0.2, 0.25) is 0 Å². The molecule has 1 atom stereocenters. The van der Waals surface area contributed by atoms with Crippen molar-refractivity contribution in [3.8, 4) is 0 Å². The van der Waals surface area contributed by atoms with Crippen LogP contribution >= 0.6 is 11.3 Å². The van der Waals surface area contributed by atoms with Crippen molar-refractivity contribution in [2.45, 2.75) is 52.5 Å². The summed E-state index contributed by atoms with van der Waals surface area (Å²) in [5.41, 5.74) is 0. The van der Waals surface area contributed by atoms with Crippen molar-refractivity contribution in [1.29, 1.82) is 0 Å². The largest absolute Gasteiger partial charge is 0.309 e. The molecule has 1 aromatic heterocycles. The Bertz CT molecular complexity index is 252. The Morgan fingerprint density at radius 3 is 2.50 bits per heavy atom. The SMILES string of the molecule is CCCNC(CC(CC)CC)c1cccs1. The fourth-order valence-corrected chi connectivity index (χ4v) is 2.88. The minimum absolute atomic E-state index is 0.574. The molecule has 2 heteroatoms. The van der Waals surface area contributed by atoms with Crippen molar-refractivity contribution in [3.63, 3.8) is 0 Å². The molecule has 0 amide bonds. The molecule has 0 bridgehead atoms. The Morgan fingerprint density at radius 1 is 1.25 bits per heavy atom. The monoisotopic (exact) mass is 239 g/mol. The van der Waals surface area contributed by atoms with Gasteiger partial charge in [0.05, 0.1) is 0 Å². The number of nitrogens with one attached hydrogen (secondary N) is 1. The summed E-state index contributed by atoms with van der Waals surface area (Å²) in [6, 6.07) is 5.00. The Hall–Kier alpha value is -0.340. The van der Waals surface area contributed by atoms with E-state index in [2.05, 4.69) is 43.6 Å². The smallest absolute Gasteiger partial charge is 0.0417 e. The van der Waals surface area contributed by atoms with E-state index in [4.69, 9.17) is 0 Å². The third-order valence-corrected chi connectivity index (χ3v) is 4.24. The fraction of sp³-hybridized carbons (Fsp3) is 0.714. The first-order valence-electron chi connectivity index (χ1n) is 6.58. The molecule has 0 aliphatic heterocycles. The van der Waals surface area contributed by atoms with Crippen molar-refractivity contribution in [2.75, 3.05) is 6.54 Å². The van der Waals surface area contributed by atoms with Gasteiger partial charge in [0.2, 0.25) is 0 Å². The highest BCUT2D eigenvalue weighted by Crippen LogP contribution is 2.28. The molecule has 16 heavy (non-hydrogen) atoms. The first kappa shape index (κ1) is 13.7. The molecule has 0 fully saturated rings. The molecule has 92 valence electrons. The van der Waals surface area contributed by atoms with Gasteiger partial charge in [-0.3, -0.25) is 0 Å². The normalized spacial score (nSPS) is 13.2. The lowest BCUT2D eigenvalue weighted by Gasteiger charge is -2.22. The lowest BCUT2D eigenvalue weighted by molar-refractivity contribution is 0.374. The van der Waals surface area contributed by atoms with Gasteiger partial charge in [0.15, 0.2) is 0 Å². The van der Waals surface area contributed by atoms with Crippen LogP contribution in [0.15, 0.2) is 17.5 Å². The van der Waals surface area contributed by atoms with Gasteiger partial charge in [-0.05, 0) is 36.8 Å². The Kier molecular flexibility index (Phi) is 6.74. The van der Waals surface area contributed by atoms with E-state index < -0.39 is 0 Å². The average Bonchev–Trinajstić information content (AvgIpc) is 2.83. The van der Waals surface area contributed by atoms with Gasteiger partial charge in [0.25, 0.3) is 0 Å². The molecule has 0 saturated carbocycles. The minimum Gasteiger partial charge on any atom is -0.309 e. The summed E-state index contributed by atoms with van der Waals surface area (Å²) >= 11 is 1.88. The van der Waals surface area contributed by atoms with Crippen LogP contribution in [0.4, 0.5) is 0 Å². The zero-order valence-electron chi connectivity index (χ0n) is 10.8. The van der Waals surface area contributed by atoms with E-state index in [0.29, 0.717) is 6.04 Å². The van der Waals surface area contributed by atoms with Crippen molar-refractivity contribution < 1.29 is 0 Å². The molecular weight excluding hydrogens is 214 g/mol. The van der Waals surface area contributed by atoms with E-state index in [1.54, 1.807) is 0 Å². The maximum atomic E-state index is 3.68. The van der Waals surface area contributed by atoms with Crippen LogP contribution in [-0.2, 0) is 0 Å². The highest BCUT2D eigenvalue weighted by Gasteiger charge is 2.15. The summed E-state index contributed by atoms with van der Waals surface area (Å²) in [6.45, 7) is 7.97. The van der Waals surface area contributed by atoms with Gasteiger partial charge in [0.1, 0.15) is 0 Å². The number of thiophene rings is 1. The molecule has 1 nitrogen and oxygen atoms in total. The van der Waals surface area contributed by atoms with E-state index in [1.807, 2.05) is 11.3 Å². The second kappa shape index (κ2) is 7.86. The topological polar surface area (TPSA) is 12.0 Å². The van der Waals surface area contributed by atoms with Gasteiger partial charge in [-0.2, -0.15) is 0 Å². The zero-order chi connectivity index (χ0) is 11.8. The zero-order valence-corrected chi connectivity index (χ0v) is 11.6. The molecule has 0 aliphatic rings. The van der Waals surface area contributed by atoms with Crippen molar-refractivity contribution in [2.24, 2.45) is 5.92 Å². The summed E-state index contributed by atoms with van der Waals surface area (Å²) in [6.07, 6.45) is 5.09. The molecule has 1 rings (SSSR count). The molecule has 1 N–H and O–H groups in total. The van der Waals surface area contributed by atoms with Crippen LogP contribution in [0.1, 0.15) is 57.4 Å². The molecule has 0 aromatic carbocycles. The van der Waals surface area contributed by atoms with Crippen molar-refractivity contribution >= 4 is 11.3 Å². The van der Waals surface area contributed by atoms with Crippen LogP contribution in [0.3, 0.4) is 0 Å². The molecule has 0 saturated heterocycles. The van der Waals surface area contributed by atoms with Gasteiger partial charge in [-0.1, -0.05) is 39.7 Å². The van der Waals surface area contributed by atoms with E-state index in [1.165, 1.54) is 30.6 Å². The van der Waals surface area contributed by atoms with E-state index in [-0.39, 0.29) is 0 Å². The Balaban J connectivity index is 2.56. The van der Waals surface area contributed by atoms with E-state index >= 15 is 0 Å². The lowest BCUT2D eigenvalue weighted by Crippen LogP contribution is -2.23. The Morgan fingerprint density at radius 2 is 2.00 bits per heavy atom.